The van der Waals surface area contributed by atoms with E-state index in [2.05, 4.69) is 4.72 Å². The Bertz CT molecular complexity index is 1020. The number of hydrogen-bond donors (Lipinski definition) is 1. The highest BCUT2D eigenvalue weighted by molar-refractivity contribution is 7.91. The minimum atomic E-state index is -3.68. The van der Waals surface area contributed by atoms with Gasteiger partial charge in [0.1, 0.15) is 6.61 Å². The molecule has 0 unspecified atom stereocenters. The first-order valence-electron chi connectivity index (χ1n) is 9.50. The summed E-state index contributed by atoms with van der Waals surface area (Å²) in [4.78, 5) is 14.0. The van der Waals surface area contributed by atoms with E-state index in [1.807, 2.05) is 6.07 Å². The molecule has 0 aromatic heterocycles. The number of nitrogens with one attached hydrogen (secondary N) is 1. The molecule has 0 spiro atoms. The van der Waals surface area contributed by atoms with Crippen molar-refractivity contribution in [2.45, 2.75) is 18.6 Å². The molecule has 30 heavy (non-hydrogen) atoms. The van der Waals surface area contributed by atoms with Crippen LogP contribution in [0.25, 0.3) is 0 Å². The van der Waals surface area contributed by atoms with Crippen molar-refractivity contribution in [3.63, 3.8) is 0 Å². The highest BCUT2D eigenvalue weighted by Crippen LogP contribution is 2.31. The quantitative estimate of drug-likeness (QED) is 0.686. The molecule has 0 fully saturated rings. The number of hydrogen-bond acceptors (Lipinski definition) is 6. The van der Waals surface area contributed by atoms with Crippen molar-refractivity contribution in [3.8, 4) is 11.5 Å². The van der Waals surface area contributed by atoms with Crippen molar-refractivity contribution in [1.82, 2.24) is 0 Å². The van der Waals surface area contributed by atoms with Crippen LogP contribution in [0.3, 0.4) is 0 Å². The third-order valence-electron chi connectivity index (χ3n) is 4.85. The number of nitrogens with zero attached hydrogens (tertiary/aromatic N) is 1. The van der Waals surface area contributed by atoms with Crippen LogP contribution in [0.5, 0.6) is 11.5 Å². The van der Waals surface area contributed by atoms with Crippen LogP contribution in [0.2, 0.25) is 0 Å². The predicted octanol–water partition coefficient (Wildman–Crippen LogP) is 2.57. The van der Waals surface area contributed by atoms with Gasteiger partial charge in [0, 0.05) is 19.3 Å². The molecular formula is C21H26N2O6S. The first-order valence-corrected chi connectivity index (χ1v) is 11.2. The van der Waals surface area contributed by atoms with E-state index in [0.29, 0.717) is 29.3 Å². The first-order chi connectivity index (χ1) is 14.4. The second-order valence-electron chi connectivity index (χ2n) is 6.98. The van der Waals surface area contributed by atoms with E-state index >= 15 is 0 Å². The van der Waals surface area contributed by atoms with Gasteiger partial charge in [-0.1, -0.05) is 12.1 Å². The summed E-state index contributed by atoms with van der Waals surface area (Å²) in [6.45, 7) is 0.561. The fourth-order valence-corrected chi connectivity index (χ4v) is 4.68. The number of ether oxygens (including phenoxy) is 3. The van der Waals surface area contributed by atoms with Crippen LogP contribution in [0.15, 0.2) is 36.4 Å². The molecule has 1 aliphatic heterocycles. The molecule has 0 atom stereocenters. The molecule has 9 heteroatoms. The molecule has 2 aromatic carbocycles. The van der Waals surface area contributed by atoms with E-state index in [0.717, 1.165) is 24.1 Å². The second-order valence-corrected chi connectivity index (χ2v) is 8.70. The molecule has 162 valence electrons. The molecule has 0 saturated carbocycles. The van der Waals surface area contributed by atoms with Crippen LogP contribution in [0.1, 0.15) is 17.5 Å². The van der Waals surface area contributed by atoms with Gasteiger partial charge in [-0.3, -0.25) is 9.52 Å². The predicted molar refractivity (Wildman–Crippen MR) is 115 cm³/mol. The zero-order valence-electron chi connectivity index (χ0n) is 17.3. The number of fused-ring (bicyclic) bond motifs is 1. The Hall–Kier alpha value is -2.78. The summed E-state index contributed by atoms with van der Waals surface area (Å²) in [5.74, 6) is 0.619. The van der Waals surface area contributed by atoms with E-state index in [9.17, 15) is 13.2 Å². The fraction of sp³-hybridized carbons (Fsp3) is 0.381. The maximum Gasteiger partial charge on any atom is 0.252 e. The van der Waals surface area contributed by atoms with Crippen molar-refractivity contribution in [2.24, 2.45) is 0 Å². The van der Waals surface area contributed by atoms with Gasteiger partial charge >= 0.3 is 0 Å². The van der Waals surface area contributed by atoms with Crippen LogP contribution < -0.4 is 19.1 Å². The molecule has 1 aliphatic rings. The summed E-state index contributed by atoms with van der Waals surface area (Å²) in [5, 5.41) is 0. The molecule has 1 heterocycles. The Morgan fingerprint density at radius 2 is 1.83 bits per heavy atom. The van der Waals surface area contributed by atoms with E-state index in [4.69, 9.17) is 14.2 Å². The lowest BCUT2D eigenvalue weighted by atomic mass is 10.0. The van der Waals surface area contributed by atoms with Crippen molar-refractivity contribution >= 4 is 27.3 Å². The maximum absolute atomic E-state index is 12.7. The van der Waals surface area contributed by atoms with E-state index in [1.54, 1.807) is 35.2 Å². The number of rotatable bonds is 8. The zero-order chi connectivity index (χ0) is 21.7. The van der Waals surface area contributed by atoms with Gasteiger partial charge in [-0.05, 0) is 48.2 Å². The van der Waals surface area contributed by atoms with Gasteiger partial charge in [0.2, 0.25) is 10.0 Å². The van der Waals surface area contributed by atoms with Crippen LogP contribution in [0, 0.1) is 0 Å². The summed E-state index contributed by atoms with van der Waals surface area (Å²) in [5.41, 5.74) is 2.70. The standard InChI is InChI=1S/C21H26N2O6S/c1-27-13-21(24)23-10-4-5-16-7-8-17(12-18(16)23)22-30(25,26)14-15-6-9-19(28-2)20(11-15)29-3/h6-9,11-12,22H,4-5,10,13-14H2,1-3H3. The average molecular weight is 435 g/mol. The molecule has 1 N–H and O–H groups in total. The van der Waals surface area contributed by atoms with E-state index in [-0.39, 0.29) is 18.3 Å². The Balaban J connectivity index is 1.80. The Morgan fingerprint density at radius 1 is 1.07 bits per heavy atom. The summed E-state index contributed by atoms with van der Waals surface area (Å²) in [6, 6.07) is 10.3. The van der Waals surface area contributed by atoms with Crippen LogP contribution >= 0.6 is 0 Å². The number of aryl methyl sites for hydroxylation is 1. The molecule has 3 rings (SSSR count). The Morgan fingerprint density at radius 3 is 2.53 bits per heavy atom. The summed E-state index contributed by atoms with van der Waals surface area (Å²) < 4.78 is 43.4. The van der Waals surface area contributed by atoms with Gasteiger partial charge in [0.05, 0.1) is 25.7 Å². The molecular weight excluding hydrogens is 408 g/mol. The summed E-state index contributed by atoms with van der Waals surface area (Å²) in [6.07, 6.45) is 1.69. The lowest BCUT2D eigenvalue weighted by Gasteiger charge is -2.30. The van der Waals surface area contributed by atoms with Gasteiger partial charge in [0.15, 0.2) is 11.5 Å². The number of carbonyl (C=O) groups excluding carboxylic acids is 1. The molecule has 0 radical (unpaired) electrons. The zero-order valence-corrected chi connectivity index (χ0v) is 18.1. The minimum absolute atomic E-state index is 0.0191. The van der Waals surface area contributed by atoms with E-state index in [1.165, 1.54) is 21.3 Å². The molecule has 0 bridgehead atoms. The fourth-order valence-electron chi connectivity index (χ4n) is 3.50. The highest BCUT2D eigenvalue weighted by Gasteiger charge is 2.23. The number of methoxy groups -OCH3 is 3. The highest BCUT2D eigenvalue weighted by atomic mass is 32.2. The van der Waals surface area contributed by atoms with Gasteiger partial charge < -0.3 is 19.1 Å². The van der Waals surface area contributed by atoms with Gasteiger partial charge in [0.25, 0.3) is 5.91 Å². The maximum atomic E-state index is 12.7. The number of sulfonamides is 1. The average Bonchev–Trinajstić information content (AvgIpc) is 2.72. The smallest absolute Gasteiger partial charge is 0.252 e. The lowest BCUT2D eigenvalue weighted by Crippen LogP contribution is -2.37. The third kappa shape index (κ3) is 5.03. The number of carbonyl (C=O) groups is 1. The van der Waals surface area contributed by atoms with Crippen LogP contribution in [-0.4, -0.2) is 48.8 Å². The molecule has 0 saturated heterocycles. The second kappa shape index (κ2) is 9.36. The summed E-state index contributed by atoms with van der Waals surface area (Å²) in [7, 11) is 0.811. The van der Waals surface area contributed by atoms with Gasteiger partial charge in [-0.2, -0.15) is 0 Å². The molecule has 8 nitrogen and oxygen atoms in total. The van der Waals surface area contributed by atoms with Crippen molar-refractivity contribution in [2.75, 3.05) is 44.1 Å². The van der Waals surface area contributed by atoms with Crippen molar-refractivity contribution in [3.05, 3.63) is 47.5 Å². The largest absolute Gasteiger partial charge is 0.493 e. The first kappa shape index (κ1) is 21.9. The molecule has 1 amide bonds. The van der Waals surface area contributed by atoms with E-state index < -0.39 is 10.0 Å². The number of amides is 1. The molecule has 2 aromatic rings. The van der Waals surface area contributed by atoms with Crippen LogP contribution in [-0.2, 0) is 31.7 Å². The monoisotopic (exact) mass is 434 g/mol. The Labute approximate surface area is 176 Å². The normalized spacial score (nSPS) is 13.5. The van der Waals surface area contributed by atoms with Crippen molar-refractivity contribution in [1.29, 1.82) is 0 Å². The van der Waals surface area contributed by atoms with Gasteiger partial charge in [-0.15, -0.1) is 0 Å². The molecule has 0 aliphatic carbocycles. The number of benzene rings is 2. The Kier molecular flexibility index (Phi) is 6.84. The minimum Gasteiger partial charge on any atom is -0.493 e. The van der Waals surface area contributed by atoms with Gasteiger partial charge in [-0.25, -0.2) is 8.42 Å². The number of anilines is 2. The third-order valence-corrected chi connectivity index (χ3v) is 6.11. The van der Waals surface area contributed by atoms with Crippen LogP contribution in [0.4, 0.5) is 11.4 Å². The van der Waals surface area contributed by atoms with Crippen molar-refractivity contribution < 1.29 is 27.4 Å². The summed E-state index contributed by atoms with van der Waals surface area (Å²) >= 11 is 0. The SMILES string of the molecule is COCC(=O)N1CCCc2ccc(NS(=O)(=O)Cc3ccc(OC)c(OC)c3)cc21. The lowest BCUT2D eigenvalue weighted by molar-refractivity contribution is -0.122. The topological polar surface area (TPSA) is 94.2 Å².